The highest BCUT2D eigenvalue weighted by Crippen LogP contribution is 2.07. The van der Waals surface area contributed by atoms with Crippen LogP contribution in [0.3, 0.4) is 0 Å². The van der Waals surface area contributed by atoms with Crippen molar-refractivity contribution in [1.82, 2.24) is 0 Å². The second-order valence-electron chi connectivity index (χ2n) is 6.40. The molecule has 0 saturated carbocycles. The van der Waals surface area contributed by atoms with Gasteiger partial charge in [0.2, 0.25) is 0 Å². The van der Waals surface area contributed by atoms with E-state index >= 15 is 0 Å². The quantitative estimate of drug-likeness (QED) is 0.201. The molecule has 0 N–H and O–H groups in total. The maximum Gasteiger partial charge on any atom is 0.335 e. The Morgan fingerprint density at radius 3 is 1.71 bits per heavy atom. The third kappa shape index (κ3) is 17.5. The number of hydrogen-bond acceptors (Lipinski definition) is 3. The van der Waals surface area contributed by atoms with Gasteiger partial charge in [0.25, 0.3) is 0 Å². The lowest BCUT2D eigenvalue weighted by molar-refractivity contribution is -0.157. The van der Waals surface area contributed by atoms with E-state index in [4.69, 9.17) is 9.47 Å². The summed E-state index contributed by atoms with van der Waals surface area (Å²) in [5.41, 5.74) is 0. The summed E-state index contributed by atoms with van der Waals surface area (Å²) < 4.78 is 10.7. The number of esters is 1. The maximum absolute atomic E-state index is 11.8. The van der Waals surface area contributed by atoms with Crippen LogP contribution < -0.4 is 0 Å². The van der Waals surface area contributed by atoms with Crippen molar-refractivity contribution in [2.24, 2.45) is 0 Å². The summed E-state index contributed by atoms with van der Waals surface area (Å²) in [6.45, 7) is 6.99. The lowest BCUT2D eigenvalue weighted by Gasteiger charge is -2.15. The molecule has 0 aliphatic rings. The van der Waals surface area contributed by atoms with Gasteiger partial charge in [-0.05, 0) is 58.3 Å². The minimum absolute atomic E-state index is 0.247. The van der Waals surface area contributed by atoms with E-state index in [2.05, 4.69) is 67.7 Å². The predicted molar refractivity (Wildman–Crippen MR) is 120 cm³/mol. The largest absolute Gasteiger partial charge is 0.464 e. The Kier molecular flexibility index (Phi) is 20.0. The summed E-state index contributed by atoms with van der Waals surface area (Å²) in [5, 5.41) is 0. The van der Waals surface area contributed by atoms with E-state index < -0.39 is 6.10 Å². The van der Waals surface area contributed by atoms with Crippen molar-refractivity contribution < 1.29 is 14.3 Å². The van der Waals surface area contributed by atoms with Crippen molar-refractivity contribution in [2.45, 2.75) is 78.2 Å². The van der Waals surface area contributed by atoms with Crippen LogP contribution in [-0.4, -0.2) is 25.3 Å². The van der Waals surface area contributed by atoms with Crippen molar-refractivity contribution in [1.29, 1.82) is 0 Å². The molecule has 0 fully saturated rings. The fourth-order valence-electron chi connectivity index (χ4n) is 2.38. The van der Waals surface area contributed by atoms with Gasteiger partial charge in [-0.3, -0.25) is 0 Å². The zero-order chi connectivity index (χ0) is 20.7. The molecule has 0 aromatic heterocycles. The summed E-state index contributed by atoms with van der Waals surface area (Å²) in [6.07, 6.45) is 28.8. The van der Waals surface area contributed by atoms with Crippen LogP contribution in [-0.2, 0) is 14.3 Å². The average molecular weight is 389 g/mol. The van der Waals surface area contributed by atoms with Gasteiger partial charge in [-0.15, -0.1) is 0 Å². The second kappa shape index (κ2) is 21.4. The second-order valence-corrected chi connectivity index (χ2v) is 6.40. The molecule has 0 radical (unpaired) electrons. The van der Waals surface area contributed by atoms with E-state index in [0.29, 0.717) is 19.6 Å². The molecule has 0 heterocycles. The van der Waals surface area contributed by atoms with Gasteiger partial charge >= 0.3 is 5.97 Å². The lowest BCUT2D eigenvalue weighted by Crippen LogP contribution is -2.26. The molecule has 3 nitrogen and oxygen atoms in total. The number of rotatable bonds is 17. The van der Waals surface area contributed by atoms with Crippen molar-refractivity contribution in [3.8, 4) is 0 Å². The van der Waals surface area contributed by atoms with Gasteiger partial charge in [-0.25, -0.2) is 4.79 Å². The molecule has 1 atom stereocenters. The van der Waals surface area contributed by atoms with Gasteiger partial charge < -0.3 is 9.47 Å². The van der Waals surface area contributed by atoms with Gasteiger partial charge in [0.15, 0.2) is 6.10 Å². The Hall–Kier alpha value is -1.87. The van der Waals surface area contributed by atoms with Crippen LogP contribution in [0.25, 0.3) is 0 Å². The first kappa shape index (κ1) is 26.1. The first-order valence-corrected chi connectivity index (χ1v) is 10.8. The highest BCUT2D eigenvalue weighted by Gasteiger charge is 2.18. The Morgan fingerprint density at radius 1 is 0.750 bits per heavy atom. The number of hydrogen-bond donors (Lipinski definition) is 0. The van der Waals surface area contributed by atoms with Crippen LogP contribution in [0.4, 0.5) is 0 Å². The molecule has 158 valence electrons. The summed E-state index contributed by atoms with van der Waals surface area (Å²) in [6, 6.07) is 0. The fraction of sp³-hybridized carbons (Fsp3) is 0.560. The SMILES string of the molecule is CCC=CCC=CCC=CCC=CCC=CCCC(OCCC)C(=O)OCC. The fourth-order valence-corrected chi connectivity index (χ4v) is 2.38. The molecular weight excluding hydrogens is 348 g/mol. The summed E-state index contributed by atoms with van der Waals surface area (Å²) in [4.78, 5) is 11.8. The molecular formula is C25H40O3. The smallest absolute Gasteiger partial charge is 0.335 e. The van der Waals surface area contributed by atoms with Gasteiger partial charge in [0.05, 0.1) is 6.61 Å². The number of carbonyl (C=O) groups excluding carboxylic acids is 1. The topological polar surface area (TPSA) is 35.5 Å². The Balaban J connectivity index is 3.84. The third-order valence-corrected chi connectivity index (χ3v) is 3.83. The molecule has 0 bridgehead atoms. The summed E-state index contributed by atoms with van der Waals surface area (Å²) >= 11 is 0. The monoisotopic (exact) mass is 388 g/mol. The molecule has 28 heavy (non-hydrogen) atoms. The van der Waals surface area contributed by atoms with Gasteiger partial charge in [-0.1, -0.05) is 74.6 Å². The number of ether oxygens (including phenoxy) is 2. The molecule has 0 aromatic carbocycles. The molecule has 3 heteroatoms. The molecule has 0 spiro atoms. The highest BCUT2D eigenvalue weighted by molar-refractivity contribution is 5.74. The van der Waals surface area contributed by atoms with Crippen molar-refractivity contribution in [3.63, 3.8) is 0 Å². The van der Waals surface area contributed by atoms with Gasteiger partial charge in [0.1, 0.15) is 0 Å². The minimum atomic E-state index is -0.443. The van der Waals surface area contributed by atoms with Crippen LogP contribution in [0, 0.1) is 0 Å². The molecule has 0 saturated heterocycles. The predicted octanol–water partition coefficient (Wildman–Crippen LogP) is 6.88. The van der Waals surface area contributed by atoms with E-state index in [0.717, 1.165) is 44.9 Å². The normalized spacial score (nSPS) is 13.7. The maximum atomic E-state index is 11.8. The highest BCUT2D eigenvalue weighted by atomic mass is 16.6. The average Bonchev–Trinajstić information content (AvgIpc) is 2.70. The summed E-state index contributed by atoms with van der Waals surface area (Å²) in [7, 11) is 0. The van der Waals surface area contributed by atoms with E-state index in [-0.39, 0.29) is 5.97 Å². The molecule has 0 aromatic rings. The zero-order valence-corrected chi connectivity index (χ0v) is 18.1. The lowest BCUT2D eigenvalue weighted by atomic mass is 10.1. The van der Waals surface area contributed by atoms with E-state index in [1.807, 2.05) is 13.8 Å². The van der Waals surface area contributed by atoms with E-state index in [9.17, 15) is 4.79 Å². The van der Waals surface area contributed by atoms with Crippen molar-refractivity contribution >= 4 is 5.97 Å². The Labute approximate surface area is 172 Å². The summed E-state index contributed by atoms with van der Waals surface area (Å²) in [5.74, 6) is -0.247. The molecule has 0 amide bonds. The molecule has 0 rings (SSSR count). The first-order valence-electron chi connectivity index (χ1n) is 10.8. The van der Waals surface area contributed by atoms with Gasteiger partial charge in [-0.2, -0.15) is 0 Å². The van der Waals surface area contributed by atoms with E-state index in [1.165, 1.54) is 0 Å². The van der Waals surface area contributed by atoms with Crippen LogP contribution >= 0.6 is 0 Å². The molecule has 0 aliphatic carbocycles. The molecule has 0 aliphatic heterocycles. The Bertz CT molecular complexity index is 498. The van der Waals surface area contributed by atoms with Crippen molar-refractivity contribution in [3.05, 3.63) is 60.8 Å². The zero-order valence-electron chi connectivity index (χ0n) is 18.1. The standard InChI is InChI=1S/C25H40O3/c1-4-7-8-9-10-11-12-13-14-15-16-17-18-19-20-21-22-24(28-23-5-2)25(26)27-6-3/h7-8,10-11,13-14,16-17,19-20,24H,4-6,9,12,15,18,21-23H2,1-3H3. The van der Waals surface area contributed by atoms with Crippen LogP contribution in [0.5, 0.6) is 0 Å². The van der Waals surface area contributed by atoms with Crippen molar-refractivity contribution in [2.75, 3.05) is 13.2 Å². The van der Waals surface area contributed by atoms with Crippen LogP contribution in [0.2, 0.25) is 0 Å². The first-order chi connectivity index (χ1) is 13.8. The third-order valence-electron chi connectivity index (χ3n) is 3.83. The van der Waals surface area contributed by atoms with E-state index in [1.54, 1.807) is 0 Å². The van der Waals surface area contributed by atoms with Gasteiger partial charge in [0, 0.05) is 6.61 Å². The Morgan fingerprint density at radius 2 is 1.25 bits per heavy atom. The minimum Gasteiger partial charge on any atom is -0.464 e. The number of allylic oxidation sites excluding steroid dienone is 10. The molecule has 1 unspecified atom stereocenters. The number of carbonyl (C=O) groups is 1. The van der Waals surface area contributed by atoms with Crippen LogP contribution in [0.1, 0.15) is 72.1 Å². The van der Waals surface area contributed by atoms with Crippen LogP contribution in [0.15, 0.2) is 60.8 Å².